The van der Waals surface area contributed by atoms with Crippen LogP contribution in [-0.2, 0) is 25.7 Å². The van der Waals surface area contributed by atoms with Gasteiger partial charge in [-0.15, -0.1) is 0 Å². The van der Waals surface area contributed by atoms with Crippen LogP contribution in [0.25, 0.3) is 0 Å². The molecule has 0 saturated carbocycles. The maximum absolute atomic E-state index is 6.51. The van der Waals surface area contributed by atoms with Crippen LogP contribution in [0.4, 0.5) is 5.69 Å². The summed E-state index contributed by atoms with van der Waals surface area (Å²) in [7, 11) is 0. The number of nitrogens with two attached hydrogens (primary N) is 1. The lowest BCUT2D eigenvalue weighted by atomic mass is 9.80. The van der Waals surface area contributed by atoms with E-state index in [0.29, 0.717) is 5.92 Å². The van der Waals surface area contributed by atoms with Gasteiger partial charge >= 0.3 is 0 Å². The van der Waals surface area contributed by atoms with Gasteiger partial charge < -0.3 is 5.73 Å². The lowest BCUT2D eigenvalue weighted by Crippen LogP contribution is -2.11. The summed E-state index contributed by atoms with van der Waals surface area (Å²) in [5, 5.41) is 0. The first kappa shape index (κ1) is 13.2. The van der Waals surface area contributed by atoms with Gasteiger partial charge in [0.05, 0.1) is 0 Å². The molecule has 0 fully saturated rings. The molecule has 0 radical (unpaired) electrons. The molecule has 1 atom stereocenters. The monoisotopic (exact) mass is 279 g/mol. The highest BCUT2D eigenvalue weighted by atomic mass is 14.6. The number of hydrogen-bond acceptors (Lipinski definition) is 1. The first-order valence-electron chi connectivity index (χ1n) is 8.47. The summed E-state index contributed by atoms with van der Waals surface area (Å²) < 4.78 is 0. The number of benzene rings is 1. The van der Waals surface area contributed by atoms with Crippen LogP contribution in [-0.4, -0.2) is 0 Å². The third-order valence-corrected chi connectivity index (χ3v) is 5.86. The molecule has 3 aliphatic rings. The van der Waals surface area contributed by atoms with Crippen molar-refractivity contribution in [2.75, 3.05) is 5.73 Å². The molecule has 0 aromatic heterocycles. The van der Waals surface area contributed by atoms with Crippen molar-refractivity contribution in [1.82, 2.24) is 0 Å². The maximum Gasteiger partial charge on any atom is 0.0384 e. The third kappa shape index (κ3) is 1.90. The highest BCUT2D eigenvalue weighted by Gasteiger charge is 2.30. The van der Waals surface area contributed by atoms with Crippen molar-refractivity contribution in [1.29, 1.82) is 0 Å². The lowest BCUT2D eigenvalue weighted by Gasteiger charge is -2.25. The van der Waals surface area contributed by atoms with E-state index in [0.717, 1.165) is 5.69 Å². The number of fused-ring (bicyclic) bond motifs is 2. The van der Waals surface area contributed by atoms with Crippen LogP contribution >= 0.6 is 0 Å². The van der Waals surface area contributed by atoms with Crippen molar-refractivity contribution in [3.05, 3.63) is 51.1 Å². The van der Waals surface area contributed by atoms with Crippen molar-refractivity contribution < 1.29 is 0 Å². The highest BCUT2D eigenvalue weighted by Crippen LogP contribution is 2.45. The van der Waals surface area contributed by atoms with Gasteiger partial charge in [0.15, 0.2) is 0 Å². The predicted molar refractivity (Wildman–Crippen MR) is 89.8 cm³/mol. The summed E-state index contributed by atoms with van der Waals surface area (Å²) in [6.07, 6.45) is 13.6. The van der Waals surface area contributed by atoms with Gasteiger partial charge in [0.1, 0.15) is 0 Å². The molecule has 0 amide bonds. The Morgan fingerprint density at radius 2 is 1.43 bits per heavy atom. The fraction of sp³-hybridized carbons (Fsp3) is 0.500. The number of allylic oxidation sites excluding steroid dienone is 4. The molecule has 1 aromatic rings. The largest absolute Gasteiger partial charge is 0.398 e. The molecule has 1 unspecified atom stereocenters. The second-order valence-electron chi connectivity index (χ2n) is 7.03. The molecule has 0 aliphatic heterocycles. The molecule has 1 aromatic carbocycles. The molecular weight excluding hydrogens is 254 g/mol. The van der Waals surface area contributed by atoms with E-state index in [2.05, 4.69) is 26.0 Å². The molecule has 0 heterocycles. The molecule has 4 rings (SSSR count). The first-order chi connectivity index (χ1) is 10.2. The number of anilines is 1. The maximum atomic E-state index is 6.51. The van der Waals surface area contributed by atoms with Gasteiger partial charge in [0.2, 0.25) is 0 Å². The summed E-state index contributed by atoms with van der Waals surface area (Å²) in [4.78, 5) is 0. The fourth-order valence-corrected chi connectivity index (χ4v) is 4.66. The zero-order valence-corrected chi connectivity index (χ0v) is 13.3. The second-order valence-corrected chi connectivity index (χ2v) is 7.03. The van der Waals surface area contributed by atoms with E-state index in [1.54, 1.807) is 16.7 Å². The Bertz CT molecular complexity index is 641. The minimum Gasteiger partial charge on any atom is -0.398 e. The normalized spacial score (nSPS) is 23.6. The predicted octanol–water partition coefficient (Wildman–Crippen LogP) is 4.63. The van der Waals surface area contributed by atoms with Gasteiger partial charge in [0, 0.05) is 11.6 Å². The van der Waals surface area contributed by atoms with E-state index >= 15 is 0 Å². The van der Waals surface area contributed by atoms with E-state index < -0.39 is 0 Å². The number of hydrogen-bond donors (Lipinski definition) is 1. The number of rotatable bonds is 1. The Morgan fingerprint density at radius 3 is 2.00 bits per heavy atom. The van der Waals surface area contributed by atoms with E-state index in [-0.39, 0.29) is 0 Å². The van der Waals surface area contributed by atoms with Crippen molar-refractivity contribution in [3.8, 4) is 0 Å². The molecule has 110 valence electrons. The molecule has 21 heavy (non-hydrogen) atoms. The van der Waals surface area contributed by atoms with Crippen LogP contribution < -0.4 is 5.73 Å². The van der Waals surface area contributed by atoms with Crippen LogP contribution in [0.5, 0.6) is 0 Å². The fourth-order valence-electron chi connectivity index (χ4n) is 4.66. The number of nitrogen functional groups attached to an aromatic ring is 1. The van der Waals surface area contributed by atoms with Crippen LogP contribution in [0.2, 0.25) is 0 Å². The molecule has 3 aliphatic carbocycles. The van der Waals surface area contributed by atoms with E-state index in [1.807, 2.05) is 0 Å². The topological polar surface area (TPSA) is 26.0 Å². The molecular formula is C20H25N. The second kappa shape index (κ2) is 4.76. The van der Waals surface area contributed by atoms with Crippen molar-refractivity contribution >= 4 is 5.69 Å². The summed E-state index contributed by atoms with van der Waals surface area (Å²) in [6.45, 7) is 4.50. The smallest absolute Gasteiger partial charge is 0.0384 e. The average Bonchev–Trinajstić information content (AvgIpc) is 3.12. The molecule has 0 spiro atoms. The molecule has 1 heteroatoms. The van der Waals surface area contributed by atoms with Gasteiger partial charge in [0.25, 0.3) is 0 Å². The standard InChI is InChI=1S/C20H25N/c1-12-9-10-14(11-13(12)2)19-15-5-3-7-17(15)20(21)18-8-4-6-16(18)19/h9,11,14H,3-8,10,21H2,1-2H3. The van der Waals surface area contributed by atoms with Crippen LogP contribution in [0, 0.1) is 0 Å². The minimum absolute atomic E-state index is 0.591. The van der Waals surface area contributed by atoms with E-state index in [9.17, 15) is 0 Å². The molecule has 1 nitrogen and oxygen atoms in total. The van der Waals surface area contributed by atoms with Gasteiger partial charge in [-0.3, -0.25) is 0 Å². The van der Waals surface area contributed by atoms with Gasteiger partial charge in [-0.1, -0.05) is 23.3 Å². The Morgan fingerprint density at radius 1 is 0.857 bits per heavy atom. The van der Waals surface area contributed by atoms with Gasteiger partial charge in [-0.05, 0) is 86.6 Å². The minimum atomic E-state index is 0.591. The zero-order chi connectivity index (χ0) is 14.6. The Balaban J connectivity index is 1.90. The highest BCUT2D eigenvalue weighted by molar-refractivity contribution is 5.67. The van der Waals surface area contributed by atoms with Gasteiger partial charge in [-0.2, -0.15) is 0 Å². The molecule has 2 N–H and O–H groups in total. The quantitative estimate of drug-likeness (QED) is 0.745. The van der Waals surface area contributed by atoms with Crippen molar-refractivity contribution in [3.63, 3.8) is 0 Å². The Hall–Kier alpha value is -1.50. The Kier molecular flexibility index (Phi) is 2.99. The summed E-state index contributed by atoms with van der Waals surface area (Å²) in [5.74, 6) is 0.591. The zero-order valence-electron chi connectivity index (χ0n) is 13.3. The van der Waals surface area contributed by atoms with Crippen LogP contribution in [0.3, 0.4) is 0 Å². The Labute approximate surface area is 127 Å². The molecule has 0 bridgehead atoms. The SMILES string of the molecule is CC1=CCC(c2c3c(c(N)c4c2CCC4)CCC3)C=C1C. The van der Waals surface area contributed by atoms with Gasteiger partial charge in [-0.25, -0.2) is 0 Å². The van der Waals surface area contributed by atoms with E-state index in [4.69, 9.17) is 5.73 Å². The first-order valence-corrected chi connectivity index (χ1v) is 8.47. The summed E-state index contributed by atoms with van der Waals surface area (Å²) in [6, 6.07) is 0. The van der Waals surface area contributed by atoms with Crippen LogP contribution in [0.15, 0.2) is 23.3 Å². The third-order valence-electron chi connectivity index (χ3n) is 5.86. The average molecular weight is 279 g/mol. The summed E-state index contributed by atoms with van der Waals surface area (Å²) in [5.41, 5.74) is 18.5. The van der Waals surface area contributed by atoms with Crippen molar-refractivity contribution in [2.24, 2.45) is 0 Å². The van der Waals surface area contributed by atoms with Crippen LogP contribution in [0.1, 0.15) is 66.8 Å². The van der Waals surface area contributed by atoms with E-state index in [1.165, 1.54) is 67.2 Å². The lowest BCUT2D eigenvalue weighted by molar-refractivity contribution is 0.796. The van der Waals surface area contributed by atoms with Crippen molar-refractivity contribution in [2.45, 2.75) is 64.7 Å². The summed E-state index contributed by atoms with van der Waals surface area (Å²) >= 11 is 0. The molecule has 0 saturated heterocycles.